The van der Waals surface area contributed by atoms with E-state index in [-0.39, 0.29) is 18.4 Å². The number of H-pyrrole nitrogens is 1. The van der Waals surface area contributed by atoms with Crippen LogP contribution in [-0.4, -0.2) is 47.0 Å². The fourth-order valence-corrected chi connectivity index (χ4v) is 2.35. The lowest BCUT2D eigenvalue weighted by Crippen LogP contribution is -2.37. The van der Waals surface area contributed by atoms with Gasteiger partial charge in [0.05, 0.1) is 12.6 Å². The molecule has 1 heterocycles. The fourth-order valence-electron chi connectivity index (χ4n) is 2.35. The standard InChI is InChI=1S/C15H20N2O2/c1-10-14(12-6-4-5-7-13(12)16-10)15(19)11(2)17(3)8-9-18/h4-7,11,16,18H,8-9H2,1-3H3. The van der Waals surface area contributed by atoms with Gasteiger partial charge in [-0.15, -0.1) is 0 Å². The highest BCUT2D eigenvalue weighted by Crippen LogP contribution is 2.23. The Labute approximate surface area is 113 Å². The molecule has 1 aromatic heterocycles. The number of aryl methyl sites for hydroxylation is 1. The van der Waals surface area contributed by atoms with E-state index >= 15 is 0 Å². The number of Topliss-reactive ketones (excluding diaryl/α,β-unsaturated/α-hetero) is 1. The highest BCUT2D eigenvalue weighted by molar-refractivity contribution is 6.11. The van der Waals surface area contributed by atoms with Gasteiger partial charge in [-0.1, -0.05) is 18.2 Å². The molecule has 0 fully saturated rings. The van der Waals surface area contributed by atoms with Gasteiger partial charge in [0.25, 0.3) is 0 Å². The molecule has 4 heteroatoms. The average molecular weight is 260 g/mol. The van der Waals surface area contributed by atoms with E-state index in [1.54, 1.807) is 0 Å². The van der Waals surface area contributed by atoms with E-state index in [2.05, 4.69) is 4.98 Å². The first-order chi connectivity index (χ1) is 9.06. The Hall–Kier alpha value is -1.65. The summed E-state index contributed by atoms with van der Waals surface area (Å²) in [5.74, 6) is 0.0888. The van der Waals surface area contributed by atoms with E-state index in [9.17, 15) is 4.79 Å². The Bertz CT molecular complexity index is 589. The summed E-state index contributed by atoms with van der Waals surface area (Å²) in [6.45, 7) is 4.35. The number of ketones is 1. The molecule has 0 radical (unpaired) electrons. The van der Waals surface area contributed by atoms with Gasteiger partial charge in [-0.05, 0) is 27.0 Å². The lowest BCUT2D eigenvalue weighted by atomic mass is 10.0. The van der Waals surface area contributed by atoms with E-state index in [0.717, 1.165) is 22.2 Å². The molecule has 1 atom stereocenters. The first-order valence-corrected chi connectivity index (χ1v) is 6.49. The summed E-state index contributed by atoms with van der Waals surface area (Å²) in [6.07, 6.45) is 0. The van der Waals surface area contributed by atoms with Crippen LogP contribution < -0.4 is 0 Å². The van der Waals surface area contributed by atoms with Crippen molar-refractivity contribution in [3.05, 3.63) is 35.5 Å². The van der Waals surface area contributed by atoms with Crippen LogP contribution in [0.5, 0.6) is 0 Å². The van der Waals surface area contributed by atoms with Crippen molar-refractivity contribution < 1.29 is 9.90 Å². The number of carbonyl (C=O) groups excluding carboxylic acids is 1. The molecule has 0 spiro atoms. The number of benzene rings is 1. The minimum Gasteiger partial charge on any atom is -0.395 e. The molecule has 1 aromatic carbocycles. The molecule has 2 aromatic rings. The van der Waals surface area contributed by atoms with Crippen LogP contribution in [0.2, 0.25) is 0 Å². The molecule has 2 N–H and O–H groups in total. The summed E-state index contributed by atoms with van der Waals surface area (Å²) in [6, 6.07) is 7.58. The summed E-state index contributed by atoms with van der Waals surface area (Å²) in [7, 11) is 1.85. The minimum atomic E-state index is -0.245. The number of rotatable bonds is 5. The third-order valence-electron chi connectivity index (χ3n) is 3.63. The predicted molar refractivity (Wildman–Crippen MR) is 76.5 cm³/mol. The second-order valence-electron chi connectivity index (χ2n) is 4.92. The predicted octanol–water partition coefficient (Wildman–Crippen LogP) is 1.97. The molecule has 4 nitrogen and oxygen atoms in total. The number of carbonyl (C=O) groups is 1. The van der Waals surface area contributed by atoms with Crippen molar-refractivity contribution in [1.29, 1.82) is 0 Å². The van der Waals surface area contributed by atoms with E-state index in [0.29, 0.717) is 6.54 Å². The maximum atomic E-state index is 12.6. The second-order valence-corrected chi connectivity index (χ2v) is 4.92. The number of aliphatic hydroxyl groups is 1. The van der Waals surface area contributed by atoms with Gasteiger partial charge in [-0.25, -0.2) is 0 Å². The molecule has 0 saturated carbocycles. The van der Waals surface area contributed by atoms with Crippen LogP contribution in [0.4, 0.5) is 0 Å². The Kier molecular flexibility index (Phi) is 4.02. The highest BCUT2D eigenvalue weighted by Gasteiger charge is 2.23. The number of aromatic nitrogens is 1. The highest BCUT2D eigenvalue weighted by atomic mass is 16.3. The van der Waals surface area contributed by atoms with E-state index in [4.69, 9.17) is 5.11 Å². The van der Waals surface area contributed by atoms with Gasteiger partial charge in [0.1, 0.15) is 0 Å². The molecular formula is C15H20N2O2. The van der Waals surface area contributed by atoms with E-state index < -0.39 is 0 Å². The molecule has 19 heavy (non-hydrogen) atoms. The average Bonchev–Trinajstić information content (AvgIpc) is 2.73. The number of aromatic amines is 1. The normalized spacial score (nSPS) is 13.1. The lowest BCUT2D eigenvalue weighted by molar-refractivity contribution is 0.0850. The number of hydrogen-bond acceptors (Lipinski definition) is 3. The van der Waals surface area contributed by atoms with Crippen LogP contribution in [0.15, 0.2) is 24.3 Å². The maximum absolute atomic E-state index is 12.6. The number of aliphatic hydroxyl groups excluding tert-OH is 1. The Morgan fingerprint density at radius 1 is 1.42 bits per heavy atom. The zero-order valence-electron chi connectivity index (χ0n) is 11.6. The van der Waals surface area contributed by atoms with Gasteiger partial charge in [-0.3, -0.25) is 9.69 Å². The monoisotopic (exact) mass is 260 g/mol. The SMILES string of the molecule is Cc1[nH]c2ccccc2c1C(=O)C(C)N(C)CCO. The zero-order valence-corrected chi connectivity index (χ0v) is 11.6. The van der Waals surface area contributed by atoms with Crippen LogP contribution in [0.1, 0.15) is 23.0 Å². The number of nitrogens with zero attached hydrogens (tertiary/aromatic N) is 1. The zero-order chi connectivity index (χ0) is 14.0. The number of para-hydroxylation sites is 1. The van der Waals surface area contributed by atoms with Crippen LogP contribution in [0.25, 0.3) is 10.9 Å². The van der Waals surface area contributed by atoms with Crippen LogP contribution >= 0.6 is 0 Å². The number of fused-ring (bicyclic) bond motifs is 1. The second kappa shape index (κ2) is 5.55. The topological polar surface area (TPSA) is 56.3 Å². The van der Waals surface area contributed by atoms with Gasteiger partial charge >= 0.3 is 0 Å². The third kappa shape index (κ3) is 2.55. The Morgan fingerprint density at radius 3 is 2.79 bits per heavy atom. The fraction of sp³-hybridized carbons (Fsp3) is 0.400. The molecular weight excluding hydrogens is 240 g/mol. The van der Waals surface area contributed by atoms with Crippen LogP contribution in [0.3, 0.4) is 0 Å². The summed E-state index contributed by atoms with van der Waals surface area (Å²) >= 11 is 0. The van der Waals surface area contributed by atoms with Crippen molar-refractivity contribution in [2.45, 2.75) is 19.9 Å². The van der Waals surface area contributed by atoms with E-state index in [1.165, 1.54) is 0 Å². The molecule has 0 saturated heterocycles. The van der Waals surface area contributed by atoms with Gasteiger partial charge in [0.15, 0.2) is 5.78 Å². The van der Waals surface area contributed by atoms with Crippen LogP contribution in [-0.2, 0) is 0 Å². The van der Waals surface area contributed by atoms with Crippen molar-refractivity contribution >= 4 is 16.7 Å². The summed E-state index contributed by atoms with van der Waals surface area (Å²) in [5, 5.41) is 9.93. The first-order valence-electron chi connectivity index (χ1n) is 6.49. The number of nitrogens with one attached hydrogen (secondary N) is 1. The minimum absolute atomic E-state index is 0.0565. The summed E-state index contributed by atoms with van der Waals surface area (Å²) in [5.41, 5.74) is 2.64. The van der Waals surface area contributed by atoms with Gasteiger partial charge < -0.3 is 10.1 Å². The Balaban J connectivity index is 2.38. The largest absolute Gasteiger partial charge is 0.395 e. The maximum Gasteiger partial charge on any atom is 0.182 e. The molecule has 0 aliphatic carbocycles. The molecule has 0 bridgehead atoms. The molecule has 102 valence electrons. The van der Waals surface area contributed by atoms with Crippen molar-refractivity contribution in [3.8, 4) is 0 Å². The van der Waals surface area contributed by atoms with Gasteiger partial charge in [-0.2, -0.15) is 0 Å². The van der Waals surface area contributed by atoms with Crippen LogP contribution in [0, 0.1) is 6.92 Å². The summed E-state index contributed by atoms with van der Waals surface area (Å²) < 4.78 is 0. The summed E-state index contributed by atoms with van der Waals surface area (Å²) in [4.78, 5) is 17.7. The van der Waals surface area contributed by atoms with Gasteiger partial charge in [0.2, 0.25) is 0 Å². The van der Waals surface area contributed by atoms with Crippen molar-refractivity contribution in [2.24, 2.45) is 0 Å². The Morgan fingerprint density at radius 2 is 2.11 bits per heavy atom. The lowest BCUT2D eigenvalue weighted by Gasteiger charge is -2.22. The van der Waals surface area contributed by atoms with Crippen molar-refractivity contribution in [2.75, 3.05) is 20.2 Å². The van der Waals surface area contributed by atoms with Crippen molar-refractivity contribution in [1.82, 2.24) is 9.88 Å². The van der Waals surface area contributed by atoms with E-state index in [1.807, 2.05) is 50.1 Å². The molecule has 0 aliphatic heterocycles. The molecule has 0 aliphatic rings. The van der Waals surface area contributed by atoms with Crippen molar-refractivity contribution in [3.63, 3.8) is 0 Å². The molecule has 2 rings (SSSR count). The molecule has 1 unspecified atom stereocenters. The first kappa shape index (κ1) is 13.8. The molecule has 0 amide bonds. The third-order valence-corrected chi connectivity index (χ3v) is 3.63. The van der Waals surface area contributed by atoms with Gasteiger partial charge in [0, 0.05) is 28.7 Å². The smallest absolute Gasteiger partial charge is 0.182 e. The number of hydrogen-bond donors (Lipinski definition) is 2. The number of likely N-dealkylation sites (N-methyl/N-ethyl adjacent to an activating group) is 1. The quantitative estimate of drug-likeness (QED) is 0.808.